The maximum Gasteiger partial charge on any atom is 0.335 e. The first-order chi connectivity index (χ1) is 28.6. The van der Waals surface area contributed by atoms with Crippen LogP contribution in [0.25, 0.3) is 21.5 Å². The summed E-state index contributed by atoms with van der Waals surface area (Å²) in [6, 6.07) is 26.4. The second-order valence-corrected chi connectivity index (χ2v) is 22.7. The van der Waals surface area contributed by atoms with Gasteiger partial charge in [0.05, 0.1) is 17.2 Å². The molecule has 2 heterocycles. The number of hydrogen-bond acceptors (Lipinski definition) is 7. The summed E-state index contributed by atoms with van der Waals surface area (Å²) in [4.78, 5) is 27.1. The summed E-state index contributed by atoms with van der Waals surface area (Å²) in [6.07, 6.45) is 11.0. The summed E-state index contributed by atoms with van der Waals surface area (Å²) < 4.78 is 43.4. The second-order valence-electron chi connectivity index (χ2n) is 17.5. The van der Waals surface area contributed by atoms with Crippen molar-refractivity contribution in [2.45, 2.75) is 63.2 Å². The molecule has 13 heteroatoms. The van der Waals surface area contributed by atoms with Crippen molar-refractivity contribution in [3.63, 3.8) is 0 Å². The monoisotopic (exact) mass is 861 g/mol. The van der Waals surface area contributed by atoms with Gasteiger partial charge in [0.2, 0.25) is 5.91 Å². The fraction of sp³-hybridized carbons (Fsp3) is 0.250. The molecule has 7 rings (SSSR count). The van der Waals surface area contributed by atoms with Gasteiger partial charge in [-0.05, 0) is 89.2 Å². The largest absolute Gasteiger partial charge is 0.478 e. The van der Waals surface area contributed by atoms with Gasteiger partial charge in [0.15, 0.2) is 11.1 Å². The molecule has 5 aromatic carbocycles. The second kappa shape index (κ2) is 15.6. The molecule has 0 spiro atoms. The number of anilines is 2. The van der Waals surface area contributed by atoms with Gasteiger partial charge in [0.25, 0.3) is 0 Å². The number of aromatic carboxylic acids is 1. The predicted octanol–water partition coefficient (Wildman–Crippen LogP) is 9.77. The third-order valence-electron chi connectivity index (χ3n) is 11.7. The fourth-order valence-electron chi connectivity index (χ4n) is 8.74. The van der Waals surface area contributed by atoms with Crippen molar-refractivity contribution in [2.24, 2.45) is 0 Å². The van der Waals surface area contributed by atoms with Crippen LogP contribution in [0.4, 0.5) is 17.1 Å². The topological polar surface area (TPSA) is 156 Å². The first-order valence-electron chi connectivity index (χ1n) is 19.7. The normalized spacial score (nSPS) is 17.8. The van der Waals surface area contributed by atoms with E-state index in [1.54, 1.807) is 24.3 Å². The SMILES string of the molecule is C=[N+]1c2ccc3cccc(S(=O)O)c3c2C(C)(C)[C-]1/C=C/C(=C/C=C1/N(CS(C)(C)(=O)OO)c2ccc3cc(C)ccc3c2C1(C)C)CCC(=O)Nc1ccc(C(=O)O)cc1. The summed E-state index contributed by atoms with van der Waals surface area (Å²) in [7, 11) is -4.02. The van der Waals surface area contributed by atoms with E-state index in [9.17, 15) is 32.9 Å². The number of carboxylic acids is 1. The van der Waals surface area contributed by atoms with E-state index in [2.05, 4.69) is 57.9 Å². The van der Waals surface area contributed by atoms with Crippen LogP contribution in [0.3, 0.4) is 0 Å². The molecule has 11 nitrogen and oxygen atoms in total. The Morgan fingerprint density at radius 1 is 0.967 bits per heavy atom. The van der Waals surface area contributed by atoms with Gasteiger partial charge in [0.1, 0.15) is 17.6 Å². The lowest BCUT2D eigenvalue weighted by atomic mass is 9.78. The molecule has 0 saturated carbocycles. The number of carbonyl (C=O) groups is 2. The Bertz CT molecular complexity index is 2850. The van der Waals surface area contributed by atoms with E-state index >= 15 is 0 Å². The number of fused-ring (bicyclic) bond motifs is 6. The zero-order chi connectivity index (χ0) is 44.3. The highest BCUT2D eigenvalue weighted by Gasteiger charge is 2.45. The maximum atomic E-state index is 14.0. The summed E-state index contributed by atoms with van der Waals surface area (Å²) in [5, 5.41) is 25.8. The molecule has 2 aliphatic heterocycles. The Hall–Kier alpha value is -5.70. The van der Waals surface area contributed by atoms with Crippen molar-refractivity contribution in [3.05, 3.63) is 149 Å². The first kappa shape index (κ1) is 43.4. The summed E-state index contributed by atoms with van der Waals surface area (Å²) in [5.74, 6) is -1.46. The van der Waals surface area contributed by atoms with Gasteiger partial charge in [-0.1, -0.05) is 93.4 Å². The van der Waals surface area contributed by atoms with Crippen LogP contribution < -0.4 is 10.2 Å². The lowest BCUT2D eigenvalue weighted by Crippen LogP contribution is -2.44. The van der Waals surface area contributed by atoms with Crippen LogP contribution in [0.2, 0.25) is 0 Å². The first-order valence-corrected chi connectivity index (χ1v) is 23.7. The van der Waals surface area contributed by atoms with E-state index in [-0.39, 0.29) is 23.8 Å². The van der Waals surface area contributed by atoms with Crippen LogP contribution in [0.1, 0.15) is 67.6 Å². The molecule has 0 radical (unpaired) electrons. The average molecular weight is 862 g/mol. The third kappa shape index (κ3) is 8.23. The standard InChI is InChI=1S/C48H51N3O8S2/c1-30-12-22-36-34(28-30)19-24-38-44(36)48(4,5)41(51(38)29-61(7,8,58)59-55)26-14-31(15-27-42(52)49-35-20-16-33(17-21-35)46(53)54)13-25-40-47(2,3)45-37(50(40)6)23-18-32-10-9-11-39(43(32)45)60(56)57/h9-14,16-26,28,55H,6,15,27,29H2,1-5,7-8H3,(H,49,52)(H,53,54)(H,56,57)/b25-13+,31-14-,41-26+. The molecule has 0 aliphatic carbocycles. The fourth-order valence-corrected chi connectivity index (χ4v) is 10.4. The van der Waals surface area contributed by atoms with Crippen molar-refractivity contribution >= 4 is 77.6 Å². The maximum absolute atomic E-state index is 14.0. The minimum atomic E-state index is -4.02. The Labute approximate surface area is 358 Å². The number of nitrogens with one attached hydrogen (secondary N) is 1. The number of aryl methyl sites for hydroxylation is 1. The van der Waals surface area contributed by atoms with Crippen molar-refractivity contribution in [1.82, 2.24) is 0 Å². The highest BCUT2D eigenvalue weighted by Crippen LogP contribution is 2.53. The molecule has 1 atom stereocenters. The van der Waals surface area contributed by atoms with Crippen LogP contribution >= 0.6 is 0 Å². The minimum Gasteiger partial charge on any atom is -0.478 e. The molecular formula is C48H51N3O8S2. The molecule has 61 heavy (non-hydrogen) atoms. The molecule has 5 aromatic rings. The van der Waals surface area contributed by atoms with Crippen LogP contribution in [-0.4, -0.2) is 64.9 Å². The molecular weight excluding hydrogens is 811 g/mol. The Morgan fingerprint density at radius 3 is 2.34 bits per heavy atom. The van der Waals surface area contributed by atoms with Crippen molar-refractivity contribution in [2.75, 3.05) is 28.6 Å². The van der Waals surface area contributed by atoms with Crippen molar-refractivity contribution < 1.29 is 41.8 Å². The Balaban J connectivity index is 1.31. The van der Waals surface area contributed by atoms with Gasteiger partial charge in [-0.2, -0.15) is 0 Å². The van der Waals surface area contributed by atoms with E-state index in [4.69, 9.17) is 4.33 Å². The lowest BCUT2D eigenvalue weighted by molar-refractivity contribution is -0.405. The molecule has 0 saturated heterocycles. The molecule has 1 amide bonds. The zero-order valence-corrected chi connectivity index (χ0v) is 36.9. The molecule has 318 valence electrons. The third-order valence-corrected chi connectivity index (χ3v) is 13.9. The van der Waals surface area contributed by atoms with E-state index < -0.39 is 37.2 Å². The number of allylic oxidation sites excluding steroid dienone is 5. The molecule has 0 bridgehead atoms. The molecule has 0 aromatic heterocycles. The number of hydrogen-bond donors (Lipinski definition) is 4. The Morgan fingerprint density at radius 2 is 1.67 bits per heavy atom. The molecule has 1 unspecified atom stereocenters. The predicted molar refractivity (Wildman–Crippen MR) is 246 cm³/mol. The Kier molecular flexibility index (Phi) is 11.1. The van der Waals surface area contributed by atoms with Crippen LogP contribution in [-0.2, 0) is 40.4 Å². The smallest absolute Gasteiger partial charge is 0.335 e. The van der Waals surface area contributed by atoms with Crippen molar-refractivity contribution in [1.29, 1.82) is 0 Å². The molecule has 4 N–H and O–H groups in total. The van der Waals surface area contributed by atoms with Gasteiger partial charge in [0, 0.05) is 52.2 Å². The van der Waals surface area contributed by atoms with E-state index in [0.29, 0.717) is 22.4 Å². The number of benzene rings is 5. The van der Waals surface area contributed by atoms with Gasteiger partial charge in [-0.3, -0.25) is 9.37 Å². The lowest BCUT2D eigenvalue weighted by Gasteiger charge is -2.41. The number of carboxylic acid groups (broad SMARTS) is 1. The number of nitrogens with zero attached hydrogens (tertiary/aromatic N) is 2. The molecule has 2 aliphatic rings. The summed E-state index contributed by atoms with van der Waals surface area (Å²) >= 11 is -2.22. The molecule has 0 fully saturated rings. The summed E-state index contributed by atoms with van der Waals surface area (Å²) in [6.45, 7) is 14.8. The van der Waals surface area contributed by atoms with Crippen molar-refractivity contribution in [3.8, 4) is 0 Å². The zero-order valence-electron chi connectivity index (χ0n) is 35.3. The minimum absolute atomic E-state index is 0.0824. The van der Waals surface area contributed by atoms with E-state index in [0.717, 1.165) is 61.5 Å². The van der Waals surface area contributed by atoms with Crippen LogP contribution in [0.15, 0.2) is 125 Å². The number of amides is 1. The van der Waals surface area contributed by atoms with Gasteiger partial charge in [-0.15, -0.1) is 19.8 Å². The highest BCUT2D eigenvalue weighted by molar-refractivity contribution is 8.14. The quantitative estimate of drug-likeness (QED) is 0.0240. The number of carbonyl (C=O) groups excluding carboxylic acids is 1. The van der Waals surface area contributed by atoms with Gasteiger partial charge < -0.3 is 19.9 Å². The average Bonchev–Trinajstić information content (AvgIpc) is 3.53. The van der Waals surface area contributed by atoms with Gasteiger partial charge in [-0.25, -0.2) is 18.5 Å². The highest BCUT2D eigenvalue weighted by atomic mass is 32.3. The number of rotatable bonds is 12. The van der Waals surface area contributed by atoms with E-state index in [1.807, 2.05) is 71.0 Å². The summed E-state index contributed by atoms with van der Waals surface area (Å²) in [5.41, 5.74) is 5.59. The van der Waals surface area contributed by atoms with Crippen LogP contribution in [0.5, 0.6) is 0 Å². The van der Waals surface area contributed by atoms with E-state index in [1.165, 1.54) is 24.6 Å². The van der Waals surface area contributed by atoms with Crippen LogP contribution in [0, 0.1) is 13.0 Å². The van der Waals surface area contributed by atoms with Gasteiger partial charge >= 0.3 is 5.97 Å².